The number of fused-ring (bicyclic) bond motifs is 1. The van der Waals surface area contributed by atoms with Crippen LogP contribution in [-0.4, -0.2) is 18.7 Å². The molecule has 1 aliphatic heterocycles. The second kappa shape index (κ2) is 6.06. The molecule has 1 aliphatic rings. The van der Waals surface area contributed by atoms with E-state index in [1.54, 1.807) is 24.3 Å². The molecular formula is C16H13ClO4. The van der Waals surface area contributed by atoms with Gasteiger partial charge in [0.15, 0.2) is 11.5 Å². The molecule has 0 amide bonds. The van der Waals surface area contributed by atoms with E-state index in [0.29, 0.717) is 16.5 Å². The van der Waals surface area contributed by atoms with Crippen LogP contribution in [0.3, 0.4) is 0 Å². The van der Waals surface area contributed by atoms with Crippen molar-refractivity contribution in [1.29, 1.82) is 0 Å². The van der Waals surface area contributed by atoms with E-state index in [0.717, 1.165) is 5.56 Å². The monoisotopic (exact) mass is 304 g/mol. The quantitative estimate of drug-likeness (QED) is 0.817. The van der Waals surface area contributed by atoms with Gasteiger partial charge in [0.2, 0.25) is 6.10 Å². The van der Waals surface area contributed by atoms with Crippen molar-refractivity contribution in [2.75, 3.05) is 6.61 Å². The maximum atomic E-state index is 12.0. The molecule has 0 saturated carbocycles. The summed E-state index contributed by atoms with van der Waals surface area (Å²) in [7, 11) is 0. The molecule has 0 aliphatic carbocycles. The summed E-state index contributed by atoms with van der Waals surface area (Å²) in [5, 5.41) is 0.606. The third kappa shape index (κ3) is 3.28. The summed E-state index contributed by atoms with van der Waals surface area (Å²) in [4.78, 5) is 12.0. The maximum absolute atomic E-state index is 12.0. The number of hydrogen-bond acceptors (Lipinski definition) is 4. The molecule has 0 bridgehead atoms. The molecule has 0 aromatic heterocycles. The fraction of sp³-hybridized carbons (Fsp3) is 0.188. The van der Waals surface area contributed by atoms with Crippen molar-refractivity contribution in [2.45, 2.75) is 12.7 Å². The lowest BCUT2D eigenvalue weighted by Crippen LogP contribution is -2.37. The minimum Gasteiger partial charge on any atom is -0.485 e. The first-order valence-electron chi connectivity index (χ1n) is 6.52. The first kappa shape index (κ1) is 13.8. The fourth-order valence-electron chi connectivity index (χ4n) is 2.01. The molecule has 0 radical (unpaired) electrons. The van der Waals surface area contributed by atoms with E-state index in [9.17, 15) is 4.79 Å². The molecule has 1 heterocycles. The SMILES string of the molecule is O=C(OCc1cccc(Cl)c1)[C@H]1COc2ccccc2O1. The number of ether oxygens (including phenoxy) is 3. The Morgan fingerprint density at radius 1 is 1.19 bits per heavy atom. The van der Waals surface area contributed by atoms with Gasteiger partial charge in [0.25, 0.3) is 0 Å². The van der Waals surface area contributed by atoms with Gasteiger partial charge in [-0.15, -0.1) is 0 Å². The summed E-state index contributed by atoms with van der Waals surface area (Å²) in [6.07, 6.45) is -0.751. The highest BCUT2D eigenvalue weighted by Crippen LogP contribution is 2.31. The van der Waals surface area contributed by atoms with Crippen LogP contribution in [0.1, 0.15) is 5.56 Å². The van der Waals surface area contributed by atoms with Gasteiger partial charge in [-0.3, -0.25) is 0 Å². The maximum Gasteiger partial charge on any atom is 0.351 e. The molecule has 3 rings (SSSR count). The molecule has 21 heavy (non-hydrogen) atoms. The van der Waals surface area contributed by atoms with E-state index in [1.165, 1.54) is 0 Å². The summed E-state index contributed by atoms with van der Waals surface area (Å²) in [5.74, 6) is 0.731. The van der Waals surface area contributed by atoms with E-state index < -0.39 is 12.1 Å². The van der Waals surface area contributed by atoms with Crippen LogP contribution in [-0.2, 0) is 16.1 Å². The smallest absolute Gasteiger partial charge is 0.351 e. The highest BCUT2D eigenvalue weighted by Gasteiger charge is 2.28. The Morgan fingerprint density at radius 2 is 2.00 bits per heavy atom. The van der Waals surface area contributed by atoms with Gasteiger partial charge in [0.1, 0.15) is 13.2 Å². The summed E-state index contributed by atoms with van der Waals surface area (Å²) in [5.41, 5.74) is 0.827. The van der Waals surface area contributed by atoms with Gasteiger partial charge in [0.05, 0.1) is 0 Å². The van der Waals surface area contributed by atoms with Crippen LogP contribution in [0.5, 0.6) is 11.5 Å². The van der Waals surface area contributed by atoms with Crippen LogP contribution in [0.4, 0.5) is 0 Å². The van der Waals surface area contributed by atoms with Crippen LogP contribution in [0, 0.1) is 0 Å². The lowest BCUT2D eigenvalue weighted by molar-refractivity contribution is -0.155. The van der Waals surface area contributed by atoms with Crippen LogP contribution in [0.15, 0.2) is 48.5 Å². The van der Waals surface area contributed by atoms with Crippen LogP contribution in [0.25, 0.3) is 0 Å². The minimum absolute atomic E-state index is 0.144. The summed E-state index contributed by atoms with van der Waals surface area (Å²) in [6.45, 7) is 0.298. The van der Waals surface area contributed by atoms with Crippen molar-refractivity contribution in [2.24, 2.45) is 0 Å². The predicted molar refractivity (Wildman–Crippen MR) is 77.6 cm³/mol. The predicted octanol–water partition coefficient (Wildman–Crippen LogP) is 3.22. The molecule has 0 fully saturated rings. The fourth-order valence-corrected chi connectivity index (χ4v) is 2.22. The number of esters is 1. The number of rotatable bonds is 3. The van der Waals surface area contributed by atoms with Crippen LogP contribution >= 0.6 is 11.6 Å². The number of benzene rings is 2. The van der Waals surface area contributed by atoms with Crippen LogP contribution in [0.2, 0.25) is 5.02 Å². The van der Waals surface area contributed by atoms with Crippen LogP contribution < -0.4 is 9.47 Å². The molecule has 2 aromatic rings. The van der Waals surface area contributed by atoms with Crippen molar-refractivity contribution >= 4 is 17.6 Å². The van der Waals surface area contributed by atoms with E-state index in [4.69, 9.17) is 25.8 Å². The van der Waals surface area contributed by atoms with Crippen molar-refractivity contribution in [3.05, 3.63) is 59.1 Å². The lowest BCUT2D eigenvalue weighted by atomic mass is 10.2. The van der Waals surface area contributed by atoms with Gasteiger partial charge in [0, 0.05) is 5.02 Å². The third-order valence-electron chi connectivity index (χ3n) is 3.04. The van der Waals surface area contributed by atoms with Crippen molar-refractivity contribution in [3.8, 4) is 11.5 Å². The zero-order chi connectivity index (χ0) is 14.7. The number of para-hydroxylation sites is 2. The molecule has 1 atom stereocenters. The Labute approximate surface area is 127 Å². The molecule has 4 nitrogen and oxygen atoms in total. The molecule has 108 valence electrons. The standard InChI is InChI=1S/C16H13ClO4/c17-12-5-3-4-11(8-12)9-20-16(18)15-10-19-13-6-1-2-7-14(13)21-15/h1-8,15H,9-10H2/t15-/m1/s1. The highest BCUT2D eigenvalue weighted by atomic mass is 35.5. The second-order valence-corrected chi connectivity index (χ2v) is 5.04. The van der Waals surface area contributed by atoms with Crippen molar-refractivity contribution < 1.29 is 19.0 Å². The van der Waals surface area contributed by atoms with E-state index in [1.807, 2.05) is 24.3 Å². The van der Waals surface area contributed by atoms with Gasteiger partial charge in [-0.25, -0.2) is 4.79 Å². The molecule has 5 heteroatoms. The summed E-state index contributed by atoms with van der Waals surface area (Å²) in [6, 6.07) is 14.4. The largest absolute Gasteiger partial charge is 0.485 e. The topological polar surface area (TPSA) is 44.8 Å². The summed E-state index contributed by atoms with van der Waals surface area (Å²) < 4.78 is 16.3. The minimum atomic E-state index is -0.751. The van der Waals surface area contributed by atoms with E-state index >= 15 is 0 Å². The Bertz CT molecular complexity index is 656. The normalized spacial score (nSPS) is 16.3. The number of carbonyl (C=O) groups is 1. The molecule has 2 aromatic carbocycles. The average Bonchev–Trinajstić information content (AvgIpc) is 2.52. The van der Waals surface area contributed by atoms with Crippen molar-refractivity contribution in [1.82, 2.24) is 0 Å². The Balaban J connectivity index is 1.59. The van der Waals surface area contributed by atoms with E-state index in [2.05, 4.69) is 0 Å². The highest BCUT2D eigenvalue weighted by molar-refractivity contribution is 6.30. The zero-order valence-electron chi connectivity index (χ0n) is 11.1. The second-order valence-electron chi connectivity index (χ2n) is 4.60. The molecule has 0 unspecified atom stereocenters. The van der Waals surface area contributed by atoms with Gasteiger partial charge in [-0.05, 0) is 29.8 Å². The Kier molecular flexibility index (Phi) is 3.97. The number of hydrogen-bond donors (Lipinski definition) is 0. The van der Waals surface area contributed by atoms with Gasteiger partial charge in [-0.2, -0.15) is 0 Å². The van der Waals surface area contributed by atoms with E-state index in [-0.39, 0.29) is 13.2 Å². The van der Waals surface area contributed by atoms with Gasteiger partial charge < -0.3 is 14.2 Å². The third-order valence-corrected chi connectivity index (χ3v) is 3.28. The zero-order valence-corrected chi connectivity index (χ0v) is 11.9. The lowest BCUT2D eigenvalue weighted by Gasteiger charge is -2.24. The summed E-state index contributed by atoms with van der Waals surface area (Å²) >= 11 is 5.88. The number of carbonyl (C=O) groups excluding carboxylic acids is 1. The Morgan fingerprint density at radius 3 is 2.81 bits per heavy atom. The van der Waals surface area contributed by atoms with Gasteiger partial charge in [-0.1, -0.05) is 35.9 Å². The molecule has 0 N–H and O–H groups in total. The Hall–Kier alpha value is -2.20. The first-order chi connectivity index (χ1) is 10.2. The molecule has 0 spiro atoms. The molecular weight excluding hydrogens is 292 g/mol. The first-order valence-corrected chi connectivity index (χ1v) is 6.90. The average molecular weight is 305 g/mol. The van der Waals surface area contributed by atoms with Gasteiger partial charge >= 0.3 is 5.97 Å². The molecule has 0 saturated heterocycles. The van der Waals surface area contributed by atoms with Crippen molar-refractivity contribution in [3.63, 3.8) is 0 Å². The number of halogens is 1.